The number of nitrogens with two attached hydrogens (primary N) is 1. The molecular formula is C16H32N2O6. The van der Waals surface area contributed by atoms with Crippen molar-refractivity contribution in [2.45, 2.75) is 76.8 Å². The van der Waals surface area contributed by atoms with E-state index in [0.29, 0.717) is 25.5 Å². The monoisotopic (exact) mass is 348 g/mol. The van der Waals surface area contributed by atoms with Gasteiger partial charge in [0.05, 0.1) is 5.60 Å². The summed E-state index contributed by atoms with van der Waals surface area (Å²) in [6, 6.07) is 0. The quantitative estimate of drug-likeness (QED) is 0.384. The highest BCUT2D eigenvalue weighted by atomic mass is 16.5. The van der Waals surface area contributed by atoms with E-state index in [0.717, 1.165) is 6.42 Å². The first-order chi connectivity index (χ1) is 11.0. The predicted octanol–water partition coefficient (Wildman–Crippen LogP) is -0.900. The van der Waals surface area contributed by atoms with Gasteiger partial charge in [-0.2, -0.15) is 0 Å². The summed E-state index contributed by atoms with van der Waals surface area (Å²) in [6.07, 6.45) is -5.49. The van der Waals surface area contributed by atoms with Gasteiger partial charge in [0.25, 0.3) is 5.91 Å². The Hall–Kier alpha value is -0.770. The summed E-state index contributed by atoms with van der Waals surface area (Å²) in [7, 11) is 0. The number of hydrogen-bond acceptors (Lipinski definition) is 7. The molecule has 8 heteroatoms. The summed E-state index contributed by atoms with van der Waals surface area (Å²) < 4.78 is 10.9. The highest BCUT2D eigenvalue weighted by Gasteiger charge is 2.45. The van der Waals surface area contributed by atoms with Gasteiger partial charge in [-0.25, -0.2) is 0 Å². The van der Waals surface area contributed by atoms with Crippen LogP contribution in [0.15, 0.2) is 0 Å². The maximum atomic E-state index is 12.1. The van der Waals surface area contributed by atoms with Crippen molar-refractivity contribution in [2.75, 3.05) is 13.2 Å². The average molecular weight is 348 g/mol. The molecule has 1 aliphatic heterocycles. The van der Waals surface area contributed by atoms with Crippen LogP contribution in [0, 0.1) is 5.92 Å². The van der Waals surface area contributed by atoms with E-state index >= 15 is 0 Å². The smallest absolute Gasteiger partial charge is 0.252 e. The van der Waals surface area contributed by atoms with E-state index in [1.165, 1.54) is 0 Å². The molecule has 8 nitrogen and oxygen atoms in total. The van der Waals surface area contributed by atoms with Gasteiger partial charge in [-0.05, 0) is 32.6 Å². The normalized spacial score (nSPS) is 31.3. The lowest BCUT2D eigenvalue weighted by molar-refractivity contribution is -0.219. The minimum Gasteiger partial charge on any atom is -0.387 e. The second kappa shape index (κ2) is 9.07. The third kappa shape index (κ3) is 6.27. The van der Waals surface area contributed by atoms with E-state index in [1.54, 1.807) is 0 Å². The summed E-state index contributed by atoms with van der Waals surface area (Å²) in [4.78, 5) is 12.1. The fraction of sp³-hybridized carbons (Fsp3) is 0.938. The molecule has 5 atom stereocenters. The average Bonchev–Trinajstić information content (AvgIpc) is 2.47. The standard InChI is InChI=1S/C16H32N2O6/c1-9(2)5-8-23-16(3,4)6-7-18-15(22)13-11(20)10(19)12(21)14(17)24-13/h9-14,19-21H,5-8,17H2,1-4H3,(H,18,22). The Bertz CT molecular complexity index is 404. The van der Waals surface area contributed by atoms with Crippen LogP contribution in [-0.4, -0.2) is 70.6 Å². The molecule has 1 fully saturated rings. The molecule has 0 aromatic rings. The molecule has 1 amide bonds. The van der Waals surface area contributed by atoms with Crippen LogP contribution in [0.25, 0.3) is 0 Å². The molecule has 0 spiro atoms. The van der Waals surface area contributed by atoms with Crippen LogP contribution in [0.3, 0.4) is 0 Å². The zero-order valence-electron chi connectivity index (χ0n) is 14.9. The van der Waals surface area contributed by atoms with E-state index in [9.17, 15) is 20.1 Å². The highest BCUT2D eigenvalue weighted by Crippen LogP contribution is 2.19. The van der Waals surface area contributed by atoms with Crippen LogP contribution in [0.1, 0.15) is 40.5 Å². The molecule has 1 heterocycles. The van der Waals surface area contributed by atoms with Gasteiger partial charge in [-0.1, -0.05) is 13.8 Å². The van der Waals surface area contributed by atoms with Gasteiger partial charge in [-0.15, -0.1) is 0 Å². The Balaban J connectivity index is 2.40. The zero-order chi connectivity index (χ0) is 18.5. The van der Waals surface area contributed by atoms with Crippen molar-refractivity contribution in [3.05, 3.63) is 0 Å². The van der Waals surface area contributed by atoms with Crippen molar-refractivity contribution in [3.63, 3.8) is 0 Å². The molecule has 1 aliphatic rings. The third-order valence-electron chi connectivity index (χ3n) is 4.12. The molecule has 6 N–H and O–H groups in total. The van der Waals surface area contributed by atoms with Gasteiger partial charge >= 0.3 is 0 Å². The first-order valence-corrected chi connectivity index (χ1v) is 8.42. The topological polar surface area (TPSA) is 134 Å². The van der Waals surface area contributed by atoms with Crippen LogP contribution in [-0.2, 0) is 14.3 Å². The number of ether oxygens (including phenoxy) is 2. The van der Waals surface area contributed by atoms with Crippen LogP contribution < -0.4 is 11.1 Å². The SMILES string of the molecule is CC(C)CCOC(C)(C)CCNC(=O)C1OC(N)C(O)C(O)C1O. The molecule has 0 radical (unpaired) electrons. The van der Waals surface area contributed by atoms with Crippen LogP contribution >= 0.6 is 0 Å². The Morgan fingerprint density at radius 2 is 1.88 bits per heavy atom. The molecule has 0 bridgehead atoms. The number of nitrogens with one attached hydrogen (secondary N) is 1. The lowest BCUT2D eigenvalue weighted by atomic mass is 9.97. The second-order valence-electron chi connectivity index (χ2n) is 7.32. The minimum atomic E-state index is -1.53. The van der Waals surface area contributed by atoms with Gasteiger partial charge in [0.1, 0.15) is 24.5 Å². The fourth-order valence-electron chi connectivity index (χ4n) is 2.35. The molecular weight excluding hydrogens is 316 g/mol. The van der Waals surface area contributed by atoms with Crippen LogP contribution in [0.4, 0.5) is 0 Å². The van der Waals surface area contributed by atoms with Gasteiger partial charge in [0, 0.05) is 13.2 Å². The Labute approximate surface area is 143 Å². The number of carbonyl (C=O) groups is 1. The second-order valence-corrected chi connectivity index (χ2v) is 7.32. The maximum absolute atomic E-state index is 12.1. The van der Waals surface area contributed by atoms with E-state index in [1.807, 2.05) is 13.8 Å². The molecule has 1 saturated heterocycles. The van der Waals surface area contributed by atoms with Crippen molar-refractivity contribution in [1.29, 1.82) is 0 Å². The molecule has 142 valence electrons. The van der Waals surface area contributed by atoms with E-state index in [2.05, 4.69) is 19.2 Å². The Kier molecular flexibility index (Phi) is 8.04. The molecule has 0 aromatic heterocycles. The molecule has 0 aromatic carbocycles. The van der Waals surface area contributed by atoms with Crippen molar-refractivity contribution in [2.24, 2.45) is 11.7 Å². The van der Waals surface area contributed by atoms with Gasteiger partial charge in [0.15, 0.2) is 6.10 Å². The summed E-state index contributed by atoms with van der Waals surface area (Å²) in [5.41, 5.74) is 5.10. The fourth-order valence-corrected chi connectivity index (χ4v) is 2.35. The van der Waals surface area contributed by atoms with E-state index < -0.39 is 36.6 Å². The number of rotatable bonds is 8. The molecule has 24 heavy (non-hydrogen) atoms. The maximum Gasteiger partial charge on any atom is 0.252 e. The largest absolute Gasteiger partial charge is 0.387 e. The van der Waals surface area contributed by atoms with Gasteiger partial charge in [-0.3, -0.25) is 4.79 Å². The molecule has 1 rings (SSSR count). The van der Waals surface area contributed by atoms with Crippen molar-refractivity contribution in [3.8, 4) is 0 Å². The number of aliphatic hydroxyl groups excluding tert-OH is 3. The first-order valence-electron chi connectivity index (χ1n) is 8.42. The van der Waals surface area contributed by atoms with Gasteiger partial charge in [0.2, 0.25) is 0 Å². The highest BCUT2D eigenvalue weighted by molar-refractivity contribution is 5.81. The molecule has 0 aliphatic carbocycles. The predicted molar refractivity (Wildman–Crippen MR) is 88.0 cm³/mol. The summed E-state index contributed by atoms with van der Waals surface area (Å²) in [5.74, 6) is -0.0155. The third-order valence-corrected chi connectivity index (χ3v) is 4.12. The summed E-state index contributed by atoms with van der Waals surface area (Å²) >= 11 is 0. The number of carbonyl (C=O) groups excluding carboxylic acids is 1. The first kappa shape index (κ1) is 21.3. The van der Waals surface area contributed by atoms with E-state index in [-0.39, 0.29) is 5.60 Å². The molecule has 0 saturated carbocycles. The van der Waals surface area contributed by atoms with Crippen molar-refractivity contribution < 1.29 is 29.6 Å². The lowest BCUT2D eigenvalue weighted by Crippen LogP contribution is -2.63. The molecule has 5 unspecified atom stereocenters. The van der Waals surface area contributed by atoms with Crippen LogP contribution in [0.5, 0.6) is 0 Å². The minimum absolute atomic E-state index is 0.327. The Morgan fingerprint density at radius 3 is 2.46 bits per heavy atom. The number of aliphatic hydroxyl groups is 3. The lowest BCUT2D eigenvalue weighted by Gasteiger charge is -2.38. The van der Waals surface area contributed by atoms with Gasteiger partial charge < -0.3 is 35.8 Å². The number of hydrogen-bond donors (Lipinski definition) is 5. The number of amides is 1. The zero-order valence-corrected chi connectivity index (χ0v) is 14.9. The van der Waals surface area contributed by atoms with E-state index in [4.69, 9.17) is 15.2 Å². The Morgan fingerprint density at radius 1 is 1.25 bits per heavy atom. The van der Waals surface area contributed by atoms with Crippen molar-refractivity contribution >= 4 is 5.91 Å². The van der Waals surface area contributed by atoms with Crippen LogP contribution in [0.2, 0.25) is 0 Å². The summed E-state index contributed by atoms with van der Waals surface area (Å²) in [6.45, 7) is 9.13. The summed E-state index contributed by atoms with van der Waals surface area (Å²) in [5, 5.41) is 31.7. The van der Waals surface area contributed by atoms with Crippen molar-refractivity contribution in [1.82, 2.24) is 5.32 Å².